The van der Waals surface area contributed by atoms with Crippen LogP contribution in [-0.2, 0) is 16.4 Å². The van der Waals surface area contributed by atoms with Crippen LogP contribution in [0, 0.1) is 0 Å². The Balaban J connectivity index is 2.00. The van der Waals surface area contributed by atoms with Crippen LogP contribution in [0.4, 0.5) is 0 Å². The summed E-state index contributed by atoms with van der Waals surface area (Å²) in [5.74, 6) is -0.327. The molecule has 0 aliphatic carbocycles. The molecule has 2 aromatic rings. The molecule has 0 spiro atoms. The Morgan fingerprint density at radius 1 is 1.21 bits per heavy atom. The number of carbonyl (C=O) groups is 1. The quantitative estimate of drug-likeness (QED) is 0.710. The number of rotatable bonds is 8. The lowest BCUT2D eigenvalue weighted by Gasteiger charge is -2.08. The molecule has 0 aliphatic heterocycles. The number of nitrogens with zero attached hydrogens (tertiary/aromatic N) is 1. The van der Waals surface area contributed by atoms with Gasteiger partial charge in [-0.3, -0.25) is 9.78 Å². The van der Waals surface area contributed by atoms with Crippen molar-refractivity contribution in [3.63, 3.8) is 0 Å². The van der Waals surface area contributed by atoms with Gasteiger partial charge in [-0.05, 0) is 30.3 Å². The molecule has 7 heteroatoms. The molecule has 0 aliphatic rings. The first-order valence-corrected chi connectivity index (χ1v) is 8.90. The number of nitrogens with one attached hydrogen (secondary N) is 2. The number of amides is 1. The number of sulfonamides is 1. The topological polar surface area (TPSA) is 88.2 Å². The minimum absolute atomic E-state index is 0.0433. The largest absolute Gasteiger partial charge is 0.352 e. The lowest BCUT2D eigenvalue weighted by atomic mass is 10.2. The molecular weight excluding hydrogens is 326 g/mol. The summed E-state index contributed by atoms with van der Waals surface area (Å²) in [7, 11) is -3.65. The molecule has 24 heavy (non-hydrogen) atoms. The van der Waals surface area contributed by atoms with Crippen LogP contribution in [0.25, 0.3) is 0 Å². The molecule has 0 fully saturated rings. The van der Waals surface area contributed by atoms with E-state index in [1.165, 1.54) is 24.3 Å². The lowest BCUT2D eigenvalue weighted by Crippen LogP contribution is -2.27. The van der Waals surface area contributed by atoms with Crippen LogP contribution in [0.5, 0.6) is 0 Å². The molecule has 126 valence electrons. The Labute approximate surface area is 141 Å². The molecule has 0 bridgehead atoms. The van der Waals surface area contributed by atoms with Crippen molar-refractivity contribution >= 4 is 15.9 Å². The highest BCUT2D eigenvalue weighted by molar-refractivity contribution is 7.89. The zero-order valence-electron chi connectivity index (χ0n) is 13.1. The van der Waals surface area contributed by atoms with Gasteiger partial charge in [-0.1, -0.05) is 18.2 Å². The summed E-state index contributed by atoms with van der Waals surface area (Å²) in [6.45, 7) is 4.01. The number of pyridine rings is 1. The first-order valence-electron chi connectivity index (χ1n) is 7.41. The predicted molar refractivity (Wildman–Crippen MR) is 92.1 cm³/mol. The summed E-state index contributed by atoms with van der Waals surface area (Å²) in [6.07, 6.45) is 3.75. The van der Waals surface area contributed by atoms with E-state index in [4.69, 9.17) is 0 Å². The van der Waals surface area contributed by atoms with Gasteiger partial charge in [0.15, 0.2) is 0 Å². The summed E-state index contributed by atoms with van der Waals surface area (Å²) < 4.78 is 26.5. The Morgan fingerprint density at radius 3 is 2.75 bits per heavy atom. The maximum atomic E-state index is 12.2. The molecule has 0 saturated carbocycles. The summed E-state index contributed by atoms with van der Waals surface area (Å²) in [6, 6.07) is 11.5. The van der Waals surface area contributed by atoms with Gasteiger partial charge >= 0.3 is 0 Å². The third-order valence-electron chi connectivity index (χ3n) is 3.22. The van der Waals surface area contributed by atoms with E-state index in [2.05, 4.69) is 21.6 Å². The smallest absolute Gasteiger partial charge is 0.251 e. The van der Waals surface area contributed by atoms with Crippen LogP contribution in [0.1, 0.15) is 16.1 Å². The van der Waals surface area contributed by atoms with E-state index in [1.54, 1.807) is 12.3 Å². The van der Waals surface area contributed by atoms with E-state index in [0.29, 0.717) is 13.0 Å². The van der Waals surface area contributed by atoms with Crippen molar-refractivity contribution in [2.24, 2.45) is 0 Å². The van der Waals surface area contributed by atoms with E-state index in [0.717, 1.165) is 5.69 Å². The summed E-state index contributed by atoms with van der Waals surface area (Å²) in [5, 5.41) is 2.76. The van der Waals surface area contributed by atoms with E-state index < -0.39 is 10.0 Å². The van der Waals surface area contributed by atoms with Gasteiger partial charge in [-0.15, -0.1) is 6.58 Å². The van der Waals surface area contributed by atoms with Crippen LogP contribution < -0.4 is 10.0 Å². The zero-order valence-corrected chi connectivity index (χ0v) is 13.9. The second-order valence-corrected chi connectivity index (χ2v) is 6.76. The van der Waals surface area contributed by atoms with E-state index in [1.807, 2.05) is 18.2 Å². The fraction of sp³-hybridized carbons (Fsp3) is 0.176. The number of carbonyl (C=O) groups excluding carboxylic acids is 1. The SMILES string of the molecule is C=CCNS(=O)(=O)c1cccc(C(=O)NCCc2ccccn2)c1. The molecule has 0 atom stereocenters. The molecular formula is C17H19N3O3S. The normalized spacial score (nSPS) is 11.0. The van der Waals surface area contributed by atoms with Gasteiger partial charge in [0.25, 0.3) is 5.91 Å². The Bertz CT molecular complexity index is 805. The van der Waals surface area contributed by atoms with Gasteiger partial charge in [-0.2, -0.15) is 0 Å². The van der Waals surface area contributed by atoms with E-state index in [-0.39, 0.29) is 22.9 Å². The highest BCUT2D eigenvalue weighted by Gasteiger charge is 2.15. The standard InChI is InChI=1S/C17H19N3O3S/c1-2-10-20-24(22,23)16-8-5-6-14(13-16)17(21)19-12-9-15-7-3-4-11-18-15/h2-8,11,13,20H,1,9-10,12H2,(H,19,21). The van der Waals surface area contributed by atoms with Crippen LogP contribution in [-0.4, -0.2) is 32.4 Å². The van der Waals surface area contributed by atoms with Crippen molar-refractivity contribution in [2.75, 3.05) is 13.1 Å². The first kappa shape index (κ1) is 17.8. The minimum Gasteiger partial charge on any atom is -0.352 e. The lowest BCUT2D eigenvalue weighted by molar-refractivity contribution is 0.0954. The van der Waals surface area contributed by atoms with Gasteiger partial charge in [-0.25, -0.2) is 13.1 Å². The third-order valence-corrected chi connectivity index (χ3v) is 4.64. The van der Waals surface area contributed by atoms with Crippen molar-refractivity contribution < 1.29 is 13.2 Å². The van der Waals surface area contributed by atoms with Crippen molar-refractivity contribution in [1.29, 1.82) is 0 Å². The Morgan fingerprint density at radius 2 is 2.04 bits per heavy atom. The molecule has 1 aromatic carbocycles. The van der Waals surface area contributed by atoms with Crippen molar-refractivity contribution in [1.82, 2.24) is 15.0 Å². The maximum Gasteiger partial charge on any atom is 0.251 e. The highest BCUT2D eigenvalue weighted by Crippen LogP contribution is 2.11. The van der Waals surface area contributed by atoms with E-state index in [9.17, 15) is 13.2 Å². The summed E-state index contributed by atoms with van der Waals surface area (Å²) >= 11 is 0. The second kappa shape index (κ2) is 8.37. The summed E-state index contributed by atoms with van der Waals surface area (Å²) in [4.78, 5) is 16.4. The average molecular weight is 345 g/mol. The van der Waals surface area contributed by atoms with E-state index >= 15 is 0 Å². The monoisotopic (exact) mass is 345 g/mol. The van der Waals surface area contributed by atoms with Gasteiger partial charge in [0.1, 0.15) is 0 Å². The first-order chi connectivity index (χ1) is 11.5. The van der Waals surface area contributed by atoms with Gasteiger partial charge in [0, 0.05) is 37.0 Å². The predicted octanol–water partition coefficient (Wildman–Crippen LogP) is 1.52. The second-order valence-electron chi connectivity index (χ2n) is 5.00. The van der Waals surface area contributed by atoms with Crippen LogP contribution in [0.3, 0.4) is 0 Å². The number of benzene rings is 1. The fourth-order valence-corrected chi connectivity index (χ4v) is 3.05. The molecule has 0 saturated heterocycles. The molecule has 2 rings (SSSR count). The van der Waals surface area contributed by atoms with Crippen molar-refractivity contribution in [3.8, 4) is 0 Å². The number of aromatic nitrogens is 1. The zero-order chi connectivity index (χ0) is 17.4. The number of hydrogen-bond donors (Lipinski definition) is 2. The summed E-state index contributed by atoms with van der Waals surface area (Å²) in [5.41, 5.74) is 1.17. The van der Waals surface area contributed by atoms with Crippen LogP contribution in [0.2, 0.25) is 0 Å². The molecule has 1 heterocycles. The number of hydrogen-bond acceptors (Lipinski definition) is 4. The molecule has 1 amide bonds. The van der Waals surface area contributed by atoms with Gasteiger partial charge < -0.3 is 5.32 Å². The van der Waals surface area contributed by atoms with Gasteiger partial charge in [0.05, 0.1) is 4.90 Å². The maximum absolute atomic E-state index is 12.2. The Kier molecular flexibility index (Phi) is 6.22. The van der Waals surface area contributed by atoms with Crippen LogP contribution in [0.15, 0.2) is 66.2 Å². The minimum atomic E-state index is -3.65. The van der Waals surface area contributed by atoms with Crippen molar-refractivity contribution in [3.05, 3.63) is 72.6 Å². The molecule has 2 N–H and O–H groups in total. The Hall–Kier alpha value is -2.51. The third kappa shape index (κ3) is 5.00. The van der Waals surface area contributed by atoms with Crippen LogP contribution >= 0.6 is 0 Å². The average Bonchev–Trinajstić information content (AvgIpc) is 2.61. The molecule has 0 unspecified atom stereocenters. The molecule has 1 aromatic heterocycles. The highest BCUT2D eigenvalue weighted by atomic mass is 32.2. The molecule has 0 radical (unpaired) electrons. The van der Waals surface area contributed by atoms with Gasteiger partial charge in [0.2, 0.25) is 10.0 Å². The molecule has 6 nitrogen and oxygen atoms in total. The van der Waals surface area contributed by atoms with Crippen molar-refractivity contribution in [2.45, 2.75) is 11.3 Å². The fourth-order valence-electron chi connectivity index (χ4n) is 2.01.